The highest BCUT2D eigenvalue weighted by Crippen LogP contribution is 2.25. The number of nitrogens with zero attached hydrogens (tertiary/aromatic N) is 1. The van der Waals surface area contributed by atoms with Crippen LogP contribution in [0.4, 0.5) is 5.69 Å². The van der Waals surface area contributed by atoms with Crippen molar-refractivity contribution in [2.75, 3.05) is 30.3 Å². The van der Waals surface area contributed by atoms with E-state index in [0.717, 1.165) is 49.4 Å². The van der Waals surface area contributed by atoms with E-state index in [1.807, 2.05) is 24.3 Å². The van der Waals surface area contributed by atoms with Gasteiger partial charge in [-0.05, 0) is 67.3 Å². The second kappa shape index (κ2) is 11.1. The molecule has 0 saturated carbocycles. The van der Waals surface area contributed by atoms with Crippen LogP contribution in [-0.2, 0) is 11.2 Å². The topological polar surface area (TPSA) is 72.8 Å². The fourth-order valence-electron chi connectivity index (χ4n) is 3.53. The lowest BCUT2D eigenvalue weighted by Gasteiger charge is -2.33. The molecule has 1 aliphatic rings. The normalized spacial score (nSPS) is 14.7. The predicted molar refractivity (Wildman–Crippen MR) is 119 cm³/mol. The summed E-state index contributed by atoms with van der Waals surface area (Å²) in [7, 11) is 0. The lowest BCUT2D eigenvalue weighted by Crippen LogP contribution is -2.36. The van der Waals surface area contributed by atoms with Gasteiger partial charge in [0.15, 0.2) is 0 Å². The number of benzene rings is 2. The molecule has 1 heterocycles. The van der Waals surface area contributed by atoms with Crippen molar-refractivity contribution in [3.63, 3.8) is 0 Å². The van der Waals surface area contributed by atoms with Gasteiger partial charge in [-0.25, -0.2) is 0 Å². The van der Waals surface area contributed by atoms with Crippen molar-refractivity contribution in [2.24, 2.45) is 0 Å². The van der Waals surface area contributed by atoms with E-state index in [9.17, 15) is 15.0 Å². The number of anilines is 1. The Balaban J connectivity index is 1.36. The second-order valence-electron chi connectivity index (χ2n) is 7.39. The zero-order chi connectivity index (χ0) is 20.5. The van der Waals surface area contributed by atoms with Gasteiger partial charge in [-0.1, -0.05) is 18.2 Å². The first-order chi connectivity index (χ1) is 14.1. The summed E-state index contributed by atoms with van der Waals surface area (Å²) in [6, 6.07) is 15.5. The lowest BCUT2D eigenvalue weighted by molar-refractivity contribution is -0.121. The molecule has 1 fully saturated rings. The van der Waals surface area contributed by atoms with E-state index in [1.165, 1.54) is 11.3 Å². The molecule has 0 radical (unpaired) electrons. The van der Waals surface area contributed by atoms with Gasteiger partial charge in [0.05, 0.1) is 6.10 Å². The summed E-state index contributed by atoms with van der Waals surface area (Å²) in [4.78, 5) is 15.6. The molecule has 1 aliphatic heterocycles. The van der Waals surface area contributed by atoms with Crippen LogP contribution < -0.4 is 10.2 Å². The van der Waals surface area contributed by atoms with Gasteiger partial charge in [0.2, 0.25) is 5.91 Å². The van der Waals surface area contributed by atoms with Gasteiger partial charge in [-0.15, -0.1) is 11.8 Å². The first-order valence-corrected chi connectivity index (χ1v) is 11.3. The van der Waals surface area contributed by atoms with E-state index >= 15 is 0 Å². The number of rotatable bonds is 9. The van der Waals surface area contributed by atoms with Crippen molar-refractivity contribution in [3.05, 3.63) is 54.1 Å². The Morgan fingerprint density at radius 3 is 2.59 bits per heavy atom. The third kappa shape index (κ3) is 6.98. The van der Waals surface area contributed by atoms with Gasteiger partial charge in [0.25, 0.3) is 0 Å². The summed E-state index contributed by atoms with van der Waals surface area (Å²) >= 11 is 1.70. The SMILES string of the molecule is O=C(CCCSc1ccc(O)cc1)NCCc1ccccc1N1CCC(O)CC1. The Bertz CT molecular complexity index is 774. The molecule has 5 nitrogen and oxygen atoms in total. The molecule has 1 amide bonds. The van der Waals surface area contributed by atoms with Gasteiger partial charge in [0, 0.05) is 36.6 Å². The predicted octanol–water partition coefficient (Wildman–Crippen LogP) is 3.58. The number of thioether (sulfide) groups is 1. The Morgan fingerprint density at radius 2 is 1.83 bits per heavy atom. The molecular weight excluding hydrogens is 384 g/mol. The first-order valence-electron chi connectivity index (χ1n) is 10.3. The average molecular weight is 415 g/mol. The maximum absolute atomic E-state index is 12.1. The van der Waals surface area contributed by atoms with Crippen LogP contribution in [0.25, 0.3) is 0 Å². The molecule has 0 bridgehead atoms. The largest absolute Gasteiger partial charge is 0.508 e. The molecule has 2 aromatic rings. The highest BCUT2D eigenvalue weighted by molar-refractivity contribution is 7.99. The molecular formula is C23H30N2O3S. The van der Waals surface area contributed by atoms with Gasteiger partial charge in [0.1, 0.15) is 5.75 Å². The number of phenols is 1. The molecule has 3 rings (SSSR count). The number of phenolic OH excluding ortho intramolecular Hbond substituents is 1. The van der Waals surface area contributed by atoms with E-state index < -0.39 is 0 Å². The van der Waals surface area contributed by atoms with Crippen LogP contribution in [0.3, 0.4) is 0 Å². The zero-order valence-electron chi connectivity index (χ0n) is 16.7. The molecule has 0 spiro atoms. The molecule has 2 aromatic carbocycles. The van der Waals surface area contributed by atoms with Crippen LogP contribution in [-0.4, -0.2) is 47.6 Å². The number of para-hydroxylation sites is 1. The zero-order valence-corrected chi connectivity index (χ0v) is 17.5. The number of carbonyl (C=O) groups excluding carboxylic acids is 1. The number of hydrogen-bond acceptors (Lipinski definition) is 5. The van der Waals surface area contributed by atoms with E-state index in [2.05, 4.69) is 22.3 Å². The monoisotopic (exact) mass is 414 g/mol. The van der Waals surface area contributed by atoms with E-state index in [0.29, 0.717) is 13.0 Å². The summed E-state index contributed by atoms with van der Waals surface area (Å²) in [5.74, 6) is 1.24. The van der Waals surface area contributed by atoms with Gasteiger partial charge in [-0.2, -0.15) is 0 Å². The minimum absolute atomic E-state index is 0.0925. The van der Waals surface area contributed by atoms with Crippen LogP contribution in [0.15, 0.2) is 53.4 Å². The van der Waals surface area contributed by atoms with Crippen molar-refractivity contribution in [3.8, 4) is 5.75 Å². The Kier molecular flexibility index (Phi) is 8.25. The summed E-state index contributed by atoms with van der Waals surface area (Å²) in [5, 5.41) is 22.1. The van der Waals surface area contributed by atoms with Crippen molar-refractivity contribution in [1.82, 2.24) is 5.32 Å². The summed E-state index contributed by atoms with van der Waals surface area (Å²) in [6.45, 7) is 2.39. The fourth-order valence-corrected chi connectivity index (χ4v) is 4.38. The number of nitrogens with one attached hydrogen (secondary N) is 1. The van der Waals surface area contributed by atoms with E-state index in [-0.39, 0.29) is 17.8 Å². The minimum atomic E-state index is -0.176. The average Bonchev–Trinajstić information content (AvgIpc) is 2.73. The number of aliphatic hydroxyl groups excluding tert-OH is 1. The van der Waals surface area contributed by atoms with Crippen molar-refractivity contribution in [2.45, 2.75) is 43.1 Å². The molecule has 156 valence electrons. The number of aliphatic hydroxyl groups is 1. The summed E-state index contributed by atoms with van der Waals surface area (Å²) in [6.07, 6.45) is 3.61. The molecule has 1 saturated heterocycles. The van der Waals surface area contributed by atoms with Crippen molar-refractivity contribution < 1.29 is 15.0 Å². The Morgan fingerprint density at radius 1 is 1.10 bits per heavy atom. The van der Waals surface area contributed by atoms with Crippen LogP contribution in [0.1, 0.15) is 31.2 Å². The Hall–Kier alpha value is -2.18. The molecule has 6 heteroatoms. The molecule has 0 atom stereocenters. The molecule has 0 unspecified atom stereocenters. The molecule has 0 aromatic heterocycles. The molecule has 29 heavy (non-hydrogen) atoms. The maximum Gasteiger partial charge on any atom is 0.220 e. The van der Waals surface area contributed by atoms with E-state index in [4.69, 9.17) is 0 Å². The fraction of sp³-hybridized carbons (Fsp3) is 0.435. The van der Waals surface area contributed by atoms with Gasteiger partial charge >= 0.3 is 0 Å². The van der Waals surface area contributed by atoms with Gasteiger partial charge < -0.3 is 20.4 Å². The van der Waals surface area contributed by atoms with Gasteiger partial charge in [-0.3, -0.25) is 4.79 Å². The number of hydrogen-bond donors (Lipinski definition) is 3. The highest BCUT2D eigenvalue weighted by Gasteiger charge is 2.19. The smallest absolute Gasteiger partial charge is 0.220 e. The maximum atomic E-state index is 12.1. The minimum Gasteiger partial charge on any atom is -0.508 e. The quantitative estimate of drug-likeness (QED) is 0.432. The van der Waals surface area contributed by atoms with Crippen LogP contribution in [0.2, 0.25) is 0 Å². The number of piperidine rings is 1. The van der Waals surface area contributed by atoms with Crippen molar-refractivity contribution in [1.29, 1.82) is 0 Å². The third-order valence-corrected chi connectivity index (χ3v) is 6.27. The second-order valence-corrected chi connectivity index (χ2v) is 8.56. The number of amides is 1. The summed E-state index contributed by atoms with van der Waals surface area (Å²) < 4.78 is 0. The third-order valence-electron chi connectivity index (χ3n) is 5.17. The first kappa shape index (κ1) is 21.5. The number of carbonyl (C=O) groups is 1. The Labute approximate surface area is 177 Å². The summed E-state index contributed by atoms with van der Waals surface area (Å²) in [5.41, 5.74) is 2.46. The standard InChI is InChI=1S/C23H30N2O3S/c26-19-7-9-21(10-8-19)29-17-3-6-23(28)24-14-11-18-4-1-2-5-22(18)25-15-12-20(27)13-16-25/h1-2,4-5,7-10,20,26-27H,3,6,11-17H2,(H,24,28). The molecule has 0 aliphatic carbocycles. The molecule has 3 N–H and O–H groups in total. The number of aromatic hydroxyl groups is 1. The highest BCUT2D eigenvalue weighted by atomic mass is 32.2. The lowest BCUT2D eigenvalue weighted by atomic mass is 10.0. The van der Waals surface area contributed by atoms with Crippen LogP contribution in [0, 0.1) is 0 Å². The van der Waals surface area contributed by atoms with Crippen molar-refractivity contribution >= 4 is 23.4 Å². The van der Waals surface area contributed by atoms with Crippen LogP contribution in [0.5, 0.6) is 5.75 Å². The van der Waals surface area contributed by atoms with Crippen LogP contribution >= 0.6 is 11.8 Å². The van der Waals surface area contributed by atoms with E-state index in [1.54, 1.807) is 23.9 Å².